The maximum absolute atomic E-state index is 11.8. The van der Waals surface area contributed by atoms with Gasteiger partial charge in [-0.2, -0.15) is 4.52 Å². The lowest BCUT2D eigenvalue weighted by atomic mass is 9.88. The van der Waals surface area contributed by atoms with E-state index in [0.717, 1.165) is 24.4 Å². The first-order valence-corrected chi connectivity index (χ1v) is 8.18. The molecular weight excluding hydrogens is 296 g/mol. The highest BCUT2D eigenvalue weighted by atomic mass is 32.1. The maximum atomic E-state index is 11.8. The van der Waals surface area contributed by atoms with Gasteiger partial charge < -0.3 is 4.90 Å². The summed E-state index contributed by atoms with van der Waals surface area (Å²) < 4.78 is 1.38. The van der Waals surface area contributed by atoms with E-state index in [-0.39, 0.29) is 5.56 Å². The second-order valence-corrected chi connectivity index (χ2v) is 6.57. The third-order valence-corrected chi connectivity index (χ3v) is 5.34. The Bertz CT molecular complexity index is 885. The van der Waals surface area contributed by atoms with Crippen LogP contribution in [0, 0.1) is 0 Å². The molecule has 1 unspecified atom stereocenters. The predicted octanol–water partition coefficient (Wildman–Crippen LogP) is 2.14. The molecule has 1 aliphatic rings. The average molecular weight is 312 g/mol. The minimum Gasteiger partial charge on any atom is -0.346 e. The summed E-state index contributed by atoms with van der Waals surface area (Å²) in [6, 6.07) is 10.5. The lowest BCUT2D eigenvalue weighted by molar-refractivity contribution is 0.545. The number of anilines is 1. The molecule has 0 bridgehead atoms. The van der Waals surface area contributed by atoms with Crippen molar-refractivity contribution in [1.82, 2.24) is 14.6 Å². The molecule has 112 valence electrons. The number of likely N-dealkylation sites (N-methyl/N-ethyl adjacent to an activating group) is 1. The van der Waals surface area contributed by atoms with Gasteiger partial charge in [-0.1, -0.05) is 35.6 Å². The van der Waals surface area contributed by atoms with Gasteiger partial charge in [-0.05, 0) is 30.4 Å². The van der Waals surface area contributed by atoms with Crippen LogP contribution in [0.1, 0.15) is 17.5 Å². The third kappa shape index (κ3) is 2.20. The number of aromatic nitrogens is 3. The summed E-state index contributed by atoms with van der Waals surface area (Å²) in [5.41, 5.74) is 2.74. The molecule has 0 saturated carbocycles. The molecule has 0 N–H and O–H groups in total. The first-order valence-electron chi connectivity index (χ1n) is 7.37. The number of benzene rings is 1. The van der Waals surface area contributed by atoms with E-state index in [4.69, 9.17) is 0 Å². The predicted molar refractivity (Wildman–Crippen MR) is 87.8 cm³/mol. The largest absolute Gasteiger partial charge is 0.346 e. The summed E-state index contributed by atoms with van der Waals surface area (Å²) in [6.07, 6.45) is 4.75. The summed E-state index contributed by atoms with van der Waals surface area (Å²) in [4.78, 5) is 18.9. The van der Waals surface area contributed by atoms with E-state index < -0.39 is 0 Å². The molecule has 0 saturated heterocycles. The van der Waals surface area contributed by atoms with Crippen LogP contribution < -0.4 is 10.5 Å². The van der Waals surface area contributed by atoms with Crippen molar-refractivity contribution in [2.75, 3.05) is 11.9 Å². The van der Waals surface area contributed by atoms with Crippen LogP contribution in [-0.4, -0.2) is 27.7 Å². The molecule has 0 radical (unpaired) electrons. The molecule has 22 heavy (non-hydrogen) atoms. The molecule has 2 heterocycles. The summed E-state index contributed by atoms with van der Waals surface area (Å²) >= 11 is 1.46. The van der Waals surface area contributed by atoms with Gasteiger partial charge in [0, 0.05) is 25.4 Å². The van der Waals surface area contributed by atoms with Crippen LogP contribution in [0.2, 0.25) is 0 Å². The molecule has 6 heteroatoms. The molecule has 0 amide bonds. The smallest absolute Gasteiger partial charge is 0.275 e. The van der Waals surface area contributed by atoms with Crippen molar-refractivity contribution < 1.29 is 0 Å². The number of hydrogen-bond donors (Lipinski definition) is 0. The summed E-state index contributed by atoms with van der Waals surface area (Å²) in [5, 5.41) is 5.28. The van der Waals surface area contributed by atoms with E-state index in [0.29, 0.717) is 11.0 Å². The van der Waals surface area contributed by atoms with Gasteiger partial charge in [0.05, 0.1) is 0 Å². The normalized spacial score (nSPS) is 17.4. The summed E-state index contributed by atoms with van der Waals surface area (Å²) in [7, 11) is 2.06. The van der Waals surface area contributed by atoms with Crippen molar-refractivity contribution in [3.63, 3.8) is 0 Å². The monoisotopic (exact) mass is 312 g/mol. The molecule has 1 atom stereocenters. The van der Waals surface area contributed by atoms with E-state index >= 15 is 0 Å². The number of fused-ring (bicyclic) bond motifs is 2. The van der Waals surface area contributed by atoms with Crippen LogP contribution in [-0.2, 0) is 12.8 Å². The zero-order chi connectivity index (χ0) is 15.1. The fourth-order valence-electron chi connectivity index (χ4n) is 3.04. The SMILES string of the molecule is CN(c1nn2c(=O)ccnc2s1)C1CCc2ccccc2C1. The molecule has 0 spiro atoms. The fourth-order valence-corrected chi connectivity index (χ4v) is 3.95. The van der Waals surface area contributed by atoms with Crippen LogP contribution in [0.5, 0.6) is 0 Å². The highest BCUT2D eigenvalue weighted by Gasteiger charge is 2.24. The van der Waals surface area contributed by atoms with Gasteiger partial charge in [0.2, 0.25) is 10.1 Å². The molecule has 4 rings (SSSR count). The highest BCUT2D eigenvalue weighted by Crippen LogP contribution is 2.28. The van der Waals surface area contributed by atoms with Crippen molar-refractivity contribution in [2.45, 2.75) is 25.3 Å². The van der Waals surface area contributed by atoms with Crippen molar-refractivity contribution in [3.05, 3.63) is 58.0 Å². The Hall–Kier alpha value is -2.21. The summed E-state index contributed by atoms with van der Waals surface area (Å²) in [6.45, 7) is 0. The molecule has 1 aliphatic carbocycles. The topological polar surface area (TPSA) is 50.5 Å². The maximum Gasteiger partial charge on any atom is 0.275 e. The Morgan fingerprint density at radius 2 is 2.09 bits per heavy atom. The average Bonchev–Trinajstić information content (AvgIpc) is 2.99. The van der Waals surface area contributed by atoms with E-state index in [1.807, 2.05) is 0 Å². The van der Waals surface area contributed by atoms with Crippen LogP contribution in [0.25, 0.3) is 4.96 Å². The Balaban J connectivity index is 1.65. The van der Waals surface area contributed by atoms with Crippen LogP contribution in [0.3, 0.4) is 0 Å². The van der Waals surface area contributed by atoms with Gasteiger partial charge in [-0.25, -0.2) is 4.98 Å². The second-order valence-electron chi connectivity index (χ2n) is 5.64. The van der Waals surface area contributed by atoms with E-state index in [1.165, 1.54) is 39.2 Å². The van der Waals surface area contributed by atoms with Gasteiger partial charge >= 0.3 is 0 Å². The van der Waals surface area contributed by atoms with E-state index in [1.54, 1.807) is 0 Å². The zero-order valence-corrected chi connectivity index (χ0v) is 13.1. The van der Waals surface area contributed by atoms with Crippen molar-refractivity contribution >= 4 is 21.4 Å². The van der Waals surface area contributed by atoms with E-state index in [2.05, 4.69) is 46.3 Å². The number of hydrogen-bond acceptors (Lipinski definition) is 5. The highest BCUT2D eigenvalue weighted by molar-refractivity contribution is 7.20. The number of aryl methyl sites for hydroxylation is 1. The van der Waals surface area contributed by atoms with Crippen molar-refractivity contribution in [1.29, 1.82) is 0 Å². The second kappa shape index (κ2) is 5.21. The van der Waals surface area contributed by atoms with Gasteiger partial charge in [0.15, 0.2) is 0 Å². The lowest BCUT2D eigenvalue weighted by Gasteiger charge is -2.31. The molecular formula is C16H16N4OS. The zero-order valence-electron chi connectivity index (χ0n) is 12.3. The van der Waals surface area contributed by atoms with Gasteiger partial charge in [0.25, 0.3) is 5.56 Å². The van der Waals surface area contributed by atoms with Gasteiger partial charge in [0.1, 0.15) is 0 Å². The minimum atomic E-state index is -0.130. The lowest BCUT2D eigenvalue weighted by Crippen LogP contribution is -2.36. The molecule has 3 aromatic rings. The summed E-state index contributed by atoms with van der Waals surface area (Å²) in [5.74, 6) is 0. The first-order chi connectivity index (χ1) is 10.7. The Labute approximate surface area is 131 Å². The fraction of sp³-hybridized carbons (Fsp3) is 0.312. The van der Waals surface area contributed by atoms with Crippen LogP contribution in [0.15, 0.2) is 41.3 Å². The third-order valence-electron chi connectivity index (χ3n) is 4.33. The van der Waals surface area contributed by atoms with Crippen LogP contribution in [0.4, 0.5) is 5.13 Å². The molecule has 5 nitrogen and oxygen atoms in total. The molecule has 0 aliphatic heterocycles. The van der Waals surface area contributed by atoms with E-state index in [9.17, 15) is 4.79 Å². The Morgan fingerprint density at radius 3 is 2.91 bits per heavy atom. The van der Waals surface area contributed by atoms with Crippen LogP contribution >= 0.6 is 11.3 Å². The Kier molecular flexibility index (Phi) is 3.18. The van der Waals surface area contributed by atoms with Gasteiger partial charge in [-0.15, -0.1) is 5.10 Å². The Morgan fingerprint density at radius 1 is 1.27 bits per heavy atom. The van der Waals surface area contributed by atoms with Crippen molar-refractivity contribution in [2.24, 2.45) is 0 Å². The first kappa shape index (κ1) is 13.5. The van der Waals surface area contributed by atoms with Crippen molar-refractivity contribution in [3.8, 4) is 0 Å². The number of nitrogens with zero attached hydrogens (tertiary/aromatic N) is 4. The minimum absolute atomic E-state index is 0.130. The quantitative estimate of drug-likeness (QED) is 0.727. The molecule has 0 fully saturated rings. The standard InChI is InChI=1S/C16H16N4OS/c1-19(13-7-6-11-4-2-3-5-12(11)10-13)16-18-20-14(21)8-9-17-15(20)22-16/h2-5,8-9,13H,6-7,10H2,1H3. The number of rotatable bonds is 2. The molecule has 1 aromatic carbocycles. The van der Waals surface area contributed by atoms with Gasteiger partial charge in [-0.3, -0.25) is 4.79 Å². The molecule has 2 aromatic heterocycles.